The third-order valence-electron chi connectivity index (χ3n) is 4.66. The summed E-state index contributed by atoms with van der Waals surface area (Å²) in [4.78, 5) is 12.9. The second-order valence-corrected chi connectivity index (χ2v) is 6.35. The first kappa shape index (κ1) is 17.4. The van der Waals surface area contributed by atoms with Gasteiger partial charge in [0.05, 0.1) is 12.4 Å². The fraction of sp³-hybridized carbons (Fsp3) is 0.316. The fourth-order valence-corrected chi connectivity index (χ4v) is 3.25. The zero-order chi connectivity index (χ0) is 19.0. The highest BCUT2D eigenvalue weighted by Gasteiger charge is 2.43. The van der Waals surface area contributed by atoms with Gasteiger partial charge in [0.1, 0.15) is 18.5 Å². The van der Waals surface area contributed by atoms with Gasteiger partial charge in [-0.2, -0.15) is 0 Å². The van der Waals surface area contributed by atoms with Crippen molar-refractivity contribution in [3.63, 3.8) is 0 Å². The fourth-order valence-electron chi connectivity index (χ4n) is 3.25. The number of hydrogen-bond acceptors (Lipinski definition) is 7. The average molecular weight is 365 g/mol. The van der Waals surface area contributed by atoms with Crippen molar-refractivity contribution in [3.05, 3.63) is 42.5 Å². The Morgan fingerprint density at radius 2 is 2.11 bits per heavy atom. The summed E-state index contributed by atoms with van der Waals surface area (Å²) in [5.74, 6) is 3.10. The van der Waals surface area contributed by atoms with Crippen LogP contribution in [0.5, 0.6) is 0 Å². The first-order chi connectivity index (χ1) is 13.1. The summed E-state index contributed by atoms with van der Waals surface area (Å²) in [6.45, 7) is 1.89. The Hall–Kier alpha value is -2.99. The van der Waals surface area contributed by atoms with Gasteiger partial charge in [-0.1, -0.05) is 18.9 Å². The normalized spacial score (nSPS) is 24.8. The Labute approximate surface area is 155 Å². The lowest BCUT2D eigenvalue weighted by atomic mass is 10.1. The molecule has 1 saturated heterocycles. The second kappa shape index (κ2) is 6.96. The van der Waals surface area contributed by atoms with E-state index in [1.54, 1.807) is 4.57 Å². The predicted molar refractivity (Wildman–Crippen MR) is 99.2 cm³/mol. The summed E-state index contributed by atoms with van der Waals surface area (Å²) in [6, 6.07) is 7.39. The minimum Gasteiger partial charge on any atom is -0.388 e. The number of imidazole rings is 1. The lowest BCUT2D eigenvalue weighted by Crippen LogP contribution is -2.31. The van der Waals surface area contributed by atoms with Gasteiger partial charge in [0.25, 0.3) is 0 Å². The largest absolute Gasteiger partial charge is 0.388 e. The van der Waals surface area contributed by atoms with Crippen LogP contribution in [0.3, 0.4) is 0 Å². The number of nitrogens with one attached hydrogen (secondary N) is 1. The zero-order valence-corrected chi connectivity index (χ0v) is 14.6. The van der Waals surface area contributed by atoms with Crippen molar-refractivity contribution >= 4 is 22.7 Å². The number of anilines is 2. The molecule has 0 bridgehead atoms. The van der Waals surface area contributed by atoms with Crippen LogP contribution in [0.15, 0.2) is 36.9 Å². The average Bonchev–Trinajstić information content (AvgIpc) is 3.24. The van der Waals surface area contributed by atoms with Crippen LogP contribution < -0.4 is 5.32 Å². The van der Waals surface area contributed by atoms with E-state index in [-0.39, 0.29) is 0 Å². The molecule has 1 aliphatic heterocycles. The second-order valence-electron chi connectivity index (χ2n) is 6.35. The van der Waals surface area contributed by atoms with E-state index in [0.717, 1.165) is 11.3 Å². The van der Waals surface area contributed by atoms with Crippen LogP contribution in [0, 0.1) is 12.3 Å². The molecule has 0 radical (unpaired) electrons. The predicted octanol–water partition coefficient (Wildman–Crippen LogP) is 1.58. The minimum absolute atomic E-state index is 0.437. The van der Waals surface area contributed by atoms with Crippen molar-refractivity contribution in [2.75, 3.05) is 5.32 Å². The number of aliphatic hydroxyl groups excluding tert-OH is 2. The Kier molecular flexibility index (Phi) is 4.49. The van der Waals surface area contributed by atoms with Gasteiger partial charge in [-0.25, -0.2) is 15.0 Å². The molecule has 8 heteroatoms. The summed E-state index contributed by atoms with van der Waals surface area (Å²) in [5, 5.41) is 23.7. The van der Waals surface area contributed by atoms with Crippen LogP contribution in [0.25, 0.3) is 11.2 Å². The Morgan fingerprint density at radius 3 is 2.85 bits per heavy atom. The quantitative estimate of drug-likeness (QED) is 0.603. The molecule has 0 amide bonds. The topological polar surface area (TPSA) is 105 Å². The third-order valence-corrected chi connectivity index (χ3v) is 4.66. The van der Waals surface area contributed by atoms with E-state index in [1.165, 1.54) is 12.7 Å². The van der Waals surface area contributed by atoms with E-state index in [0.29, 0.717) is 23.4 Å². The molecular formula is C19H19N5O3. The maximum Gasteiger partial charge on any atom is 0.167 e. The Bertz CT molecular complexity index is 1010. The van der Waals surface area contributed by atoms with Crippen molar-refractivity contribution < 1.29 is 14.9 Å². The van der Waals surface area contributed by atoms with Crippen LogP contribution in [-0.4, -0.2) is 48.0 Å². The summed E-state index contributed by atoms with van der Waals surface area (Å²) >= 11 is 0. The van der Waals surface area contributed by atoms with Crippen LogP contribution in [0.1, 0.15) is 25.1 Å². The molecule has 8 nitrogen and oxygen atoms in total. The molecule has 3 aromatic rings. The molecule has 0 aliphatic carbocycles. The number of rotatable bonds is 4. The molecule has 4 atom stereocenters. The van der Waals surface area contributed by atoms with Crippen molar-refractivity contribution in [2.24, 2.45) is 0 Å². The number of aliphatic hydroxyl groups is 2. The minimum atomic E-state index is -1.06. The van der Waals surface area contributed by atoms with Crippen molar-refractivity contribution in [3.8, 4) is 12.3 Å². The molecule has 3 N–H and O–H groups in total. The van der Waals surface area contributed by atoms with E-state index < -0.39 is 24.5 Å². The molecule has 0 spiro atoms. The highest BCUT2D eigenvalue weighted by atomic mass is 16.6. The Morgan fingerprint density at radius 1 is 1.26 bits per heavy atom. The zero-order valence-electron chi connectivity index (χ0n) is 14.6. The van der Waals surface area contributed by atoms with E-state index in [2.05, 4.69) is 26.2 Å². The van der Waals surface area contributed by atoms with Crippen molar-refractivity contribution in [2.45, 2.75) is 37.9 Å². The smallest absolute Gasteiger partial charge is 0.167 e. The number of aromatic nitrogens is 4. The molecule has 3 heterocycles. The summed E-state index contributed by atoms with van der Waals surface area (Å²) in [5.41, 5.74) is 2.54. The SMILES string of the molecule is C#Cc1cccc(Nc2ncnc3c2ncn3C2OC(CC)C(O)C2O)c1. The van der Waals surface area contributed by atoms with Crippen molar-refractivity contribution in [1.82, 2.24) is 19.5 Å². The van der Waals surface area contributed by atoms with E-state index in [1.807, 2.05) is 31.2 Å². The lowest BCUT2D eigenvalue weighted by molar-refractivity contribution is -0.0355. The van der Waals surface area contributed by atoms with E-state index >= 15 is 0 Å². The first-order valence-electron chi connectivity index (χ1n) is 8.65. The molecule has 1 fully saturated rings. The van der Waals surface area contributed by atoms with Gasteiger partial charge < -0.3 is 20.3 Å². The van der Waals surface area contributed by atoms with Crippen LogP contribution in [0.4, 0.5) is 11.5 Å². The number of nitrogens with zero attached hydrogens (tertiary/aromatic N) is 4. The molecule has 27 heavy (non-hydrogen) atoms. The lowest BCUT2D eigenvalue weighted by Gasteiger charge is -2.16. The van der Waals surface area contributed by atoms with Crippen LogP contribution in [-0.2, 0) is 4.74 Å². The molecule has 4 rings (SSSR count). The number of ether oxygens (including phenoxy) is 1. The number of fused-ring (bicyclic) bond motifs is 1. The molecule has 138 valence electrons. The standard InChI is InChI=1S/C19H19N5O3/c1-3-11-6-5-7-12(8-11)23-17-14-18(21-9-20-17)24(10-22-14)19-16(26)15(25)13(4-2)27-19/h1,5-10,13,15-16,19,25-26H,4H2,2H3,(H,20,21,23). The van der Waals surface area contributed by atoms with Gasteiger partial charge in [0.15, 0.2) is 23.2 Å². The summed E-state index contributed by atoms with van der Waals surface area (Å²) < 4.78 is 7.41. The molecule has 1 aliphatic rings. The van der Waals surface area contributed by atoms with Gasteiger partial charge in [-0.3, -0.25) is 4.57 Å². The third kappa shape index (κ3) is 3.02. The van der Waals surface area contributed by atoms with Crippen molar-refractivity contribution in [1.29, 1.82) is 0 Å². The maximum atomic E-state index is 10.4. The van der Waals surface area contributed by atoms with Crippen LogP contribution >= 0.6 is 0 Å². The number of benzene rings is 1. The first-order valence-corrected chi connectivity index (χ1v) is 8.65. The molecule has 2 aromatic heterocycles. The molecular weight excluding hydrogens is 346 g/mol. The van der Waals surface area contributed by atoms with E-state index in [4.69, 9.17) is 11.2 Å². The van der Waals surface area contributed by atoms with Gasteiger partial charge in [0, 0.05) is 11.3 Å². The Balaban J connectivity index is 1.69. The maximum absolute atomic E-state index is 10.4. The van der Waals surface area contributed by atoms with E-state index in [9.17, 15) is 10.2 Å². The van der Waals surface area contributed by atoms with Gasteiger partial charge in [-0.05, 0) is 24.6 Å². The summed E-state index contributed by atoms with van der Waals surface area (Å²) in [6.07, 6.45) is 5.75. The molecule has 1 aromatic carbocycles. The summed E-state index contributed by atoms with van der Waals surface area (Å²) in [7, 11) is 0. The number of terminal acetylenes is 1. The molecule has 0 saturated carbocycles. The van der Waals surface area contributed by atoms with Crippen LogP contribution in [0.2, 0.25) is 0 Å². The monoisotopic (exact) mass is 365 g/mol. The van der Waals surface area contributed by atoms with Gasteiger partial charge in [0.2, 0.25) is 0 Å². The van der Waals surface area contributed by atoms with Gasteiger partial charge >= 0.3 is 0 Å². The molecule has 4 unspecified atom stereocenters. The highest BCUT2D eigenvalue weighted by Crippen LogP contribution is 2.33. The number of hydrogen-bond donors (Lipinski definition) is 3. The highest BCUT2D eigenvalue weighted by molar-refractivity contribution is 5.85. The van der Waals surface area contributed by atoms with Gasteiger partial charge in [-0.15, -0.1) is 6.42 Å².